The van der Waals surface area contributed by atoms with Gasteiger partial charge in [0.15, 0.2) is 9.84 Å². The number of anilines is 1. The minimum absolute atomic E-state index is 0.0165. The van der Waals surface area contributed by atoms with Crippen molar-refractivity contribution in [2.45, 2.75) is 49.9 Å². The highest BCUT2D eigenvalue weighted by atomic mass is 35.5. The van der Waals surface area contributed by atoms with Crippen molar-refractivity contribution >= 4 is 39.1 Å². The van der Waals surface area contributed by atoms with Crippen LogP contribution in [0.1, 0.15) is 31.2 Å². The number of hydrogen-bond donors (Lipinski definition) is 3. The summed E-state index contributed by atoms with van der Waals surface area (Å²) in [5, 5.41) is 8.22. The summed E-state index contributed by atoms with van der Waals surface area (Å²) in [4.78, 5) is 23.4. The lowest BCUT2D eigenvalue weighted by atomic mass is 10.0. The van der Waals surface area contributed by atoms with Gasteiger partial charge >= 0.3 is 6.03 Å². The van der Waals surface area contributed by atoms with Crippen LogP contribution in [0.4, 0.5) is 10.5 Å². The third kappa shape index (κ3) is 4.12. The molecule has 3 rings (SSSR count). The number of urea groups is 1. The van der Waals surface area contributed by atoms with Crippen molar-refractivity contribution in [3.05, 3.63) is 28.8 Å². The van der Waals surface area contributed by atoms with E-state index in [1.165, 1.54) is 0 Å². The molecule has 2 saturated heterocycles. The van der Waals surface area contributed by atoms with Crippen LogP contribution < -0.4 is 16.0 Å². The third-order valence-corrected chi connectivity index (χ3v) is 7.44. The van der Waals surface area contributed by atoms with Crippen LogP contribution in [-0.4, -0.2) is 43.4 Å². The number of fused-ring (bicyclic) bond motifs is 1. The Kier molecular flexibility index (Phi) is 5.43. The first-order valence-corrected chi connectivity index (χ1v) is 10.7. The van der Waals surface area contributed by atoms with E-state index in [1.54, 1.807) is 18.2 Å². The molecule has 0 saturated carbocycles. The number of halogens is 1. The van der Waals surface area contributed by atoms with E-state index in [2.05, 4.69) is 16.0 Å². The Labute approximate surface area is 157 Å². The summed E-state index contributed by atoms with van der Waals surface area (Å²) < 4.78 is 24.5. The molecule has 0 aromatic heterocycles. The maximum absolute atomic E-state index is 12.2. The molecule has 3 unspecified atom stereocenters. The number of rotatable bonds is 6. The lowest BCUT2D eigenvalue weighted by Crippen LogP contribution is -2.39. The molecular weight excluding hydrogens is 378 g/mol. The fourth-order valence-electron chi connectivity index (χ4n) is 3.62. The average Bonchev–Trinajstić information content (AvgIpc) is 2.99. The fourth-order valence-corrected chi connectivity index (χ4v) is 6.11. The van der Waals surface area contributed by atoms with Crippen LogP contribution in [0.25, 0.3) is 0 Å². The van der Waals surface area contributed by atoms with Crippen molar-refractivity contribution in [1.82, 2.24) is 10.6 Å². The van der Waals surface area contributed by atoms with E-state index in [0.717, 1.165) is 11.3 Å². The van der Waals surface area contributed by atoms with Gasteiger partial charge in [-0.25, -0.2) is 13.2 Å². The van der Waals surface area contributed by atoms with Gasteiger partial charge in [-0.3, -0.25) is 4.79 Å². The van der Waals surface area contributed by atoms with Crippen LogP contribution in [0.3, 0.4) is 0 Å². The number of carbonyl (C=O) groups is 2. The first-order valence-electron chi connectivity index (χ1n) is 8.61. The number of benzene rings is 1. The lowest BCUT2D eigenvalue weighted by molar-refractivity contribution is -0.116. The topological polar surface area (TPSA) is 104 Å². The molecule has 3 amide bonds. The van der Waals surface area contributed by atoms with Crippen molar-refractivity contribution < 1.29 is 18.0 Å². The van der Waals surface area contributed by atoms with Crippen LogP contribution in [0.5, 0.6) is 0 Å². The molecule has 2 aliphatic rings. The summed E-state index contributed by atoms with van der Waals surface area (Å²) in [6, 6.07) is 4.25. The molecule has 9 heteroatoms. The zero-order valence-electron chi connectivity index (χ0n) is 14.4. The Balaban J connectivity index is 1.46. The van der Waals surface area contributed by atoms with E-state index in [0.29, 0.717) is 30.7 Å². The summed E-state index contributed by atoms with van der Waals surface area (Å²) >= 11 is 5.90. The van der Waals surface area contributed by atoms with E-state index in [-0.39, 0.29) is 29.8 Å². The van der Waals surface area contributed by atoms with E-state index >= 15 is 0 Å². The van der Waals surface area contributed by atoms with Gasteiger partial charge in [-0.2, -0.15) is 0 Å². The molecule has 0 bridgehead atoms. The maximum atomic E-state index is 12.2. The van der Waals surface area contributed by atoms with Crippen molar-refractivity contribution in [2.24, 2.45) is 0 Å². The number of sulfone groups is 1. The van der Waals surface area contributed by atoms with Gasteiger partial charge in [0.2, 0.25) is 5.91 Å². The normalized spacial score (nSPS) is 26.1. The minimum atomic E-state index is -3.22. The van der Waals surface area contributed by atoms with Gasteiger partial charge in [0, 0.05) is 17.1 Å². The van der Waals surface area contributed by atoms with Gasteiger partial charge in [0.05, 0.1) is 23.1 Å². The Morgan fingerprint density at radius 3 is 2.81 bits per heavy atom. The summed E-state index contributed by atoms with van der Waals surface area (Å²) in [6.45, 7) is 1.87. The molecule has 1 aromatic carbocycles. The predicted octanol–water partition coefficient (Wildman–Crippen LogP) is 1.99. The van der Waals surface area contributed by atoms with Gasteiger partial charge in [-0.05, 0) is 43.5 Å². The highest BCUT2D eigenvalue weighted by molar-refractivity contribution is 7.92. The lowest BCUT2D eigenvalue weighted by Gasteiger charge is -2.16. The molecule has 0 aliphatic carbocycles. The van der Waals surface area contributed by atoms with E-state index < -0.39 is 15.1 Å². The molecular formula is C17H22ClN3O4S. The standard InChI is InChI=1S/C17H22ClN3O4S/c1-10-8-11(18)6-7-12(10)19-15(22)5-3-2-4-14-16-13(9-26(14,24)25)20-17(23)21-16/h6-8,13-14,16H,2-5,9H2,1H3,(H,19,22)(H2,20,21,23). The molecule has 3 atom stereocenters. The SMILES string of the molecule is Cc1cc(Cl)ccc1NC(=O)CCCCC1C2NC(=O)NC2CS1(=O)=O. The van der Waals surface area contributed by atoms with Crippen LogP contribution in [0, 0.1) is 6.92 Å². The second kappa shape index (κ2) is 7.44. The number of nitrogens with one attached hydrogen (secondary N) is 3. The molecule has 3 N–H and O–H groups in total. The second-order valence-electron chi connectivity index (χ2n) is 6.87. The average molecular weight is 400 g/mol. The number of amides is 3. The quantitative estimate of drug-likeness (QED) is 0.502. The molecule has 2 aliphatic heterocycles. The van der Waals surface area contributed by atoms with Crippen LogP contribution >= 0.6 is 11.6 Å². The van der Waals surface area contributed by atoms with E-state index in [4.69, 9.17) is 11.6 Å². The molecule has 0 radical (unpaired) electrons. The molecule has 26 heavy (non-hydrogen) atoms. The van der Waals surface area contributed by atoms with Crippen molar-refractivity contribution in [3.8, 4) is 0 Å². The highest BCUT2D eigenvalue weighted by Gasteiger charge is 2.51. The predicted molar refractivity (Wildman–Crippen MR) is 100 cm³/mol. The summed E-state index contributed by atoms with van der Waals surface area (Å²) in [7, 11) is -3.22. The molecule has 2 fully saturated rings. The van der Waals surface area contributed by atoms with Crippen molar-refractivity contribution in [3.63, 3.8) is 0 Å². The molecule has 2 heterocycles. The first-order chi connectivity index (χ1) is 12.3. The Bertz CT molecular complexity index is 827. The zero-order valence-corrected chi connectivity index (χ0v) is 16.0. The fraction of sp³-hybridized carbons (Fsp3) is 0.529. The van der Waals surface area contributed by atoms with E-state index in [9.17, 15) is 18.0 Å². The highest BCUT2D eigenvalue weighted by Crippen LogP contribution is 2.28. The van der Waals surface area contributed by atoms with Gasteiger partial charge < -0.3 is 16.0 Å². The summed E-state index contributed by atoms with van der Waals surface area (Å²) in [5.74, 6) is -0.129. The van der Waals surface area contributed by atoms with Crippen LogP contribution in [-0.2, 0) is 14.6 Å². The number of unbranched alkanes of at least 4 members (excludes halogenated alkanes) is 1. The molecule has 7 nitrogen and oxygen atoms in total. The Morgan fingerprint density at radius 1 is 1.31 bits per heavy atom. The second-order valence-corrected chi connectivity index (χ2v) is 9.57. The number of carbonyl (C=O) groups excluding carboxylic acids is 2. The van der Waals surface area contributed by atoms with E-state index in [1.807, 2.05) is 6.92 Å². The van der Waals surface area contributed by atoms with Crippen molar-refractivity contribution in [1.29, 1.82) is 0 Å². The maximum Gasteiger partial charge on any atom is 0.315 e. The Morgan fingerprint density at radius 2 is 2.08 bits per heavy atom. The molecule has 0 spiro atoms. The van der Waals surface area contributed by atoms with Crippen LogP contribution in [0.15, 0.2) is 18.2 Å². The number of hydrogen-bond acceptors (Lipinski definition) is 4. The smallest absolute Gasteiger partial charge is 0.315 e. The Hall–Kier alpha value is -1.80. The minimum Gasteiger partial charge on any atom is -0.332 e. The third-order valence-electron chi connectivity index (χ3n) is 4.93. The molecule has 1 aromatic rings. The largest absolute Gasteiger partial charge is 0.332 e. The van der Waals surface area contributed by atoms with Gasteiger partial charge in [-0.15, -0.1) is 0 Å². The van der Waals surface area contributed by atoms with Gasteiger partial charge in [-0.1, -0.05) is 18.0 Å². The first kappa shape index (κ1) is 19.0. The summed E-state index contributed by atoms with van der Waals surface area (Å²) in [5.41, 5.74) is 1.61. The number of aryl methyl sites for hydroxylation is 1. The van der Waals surface area contributed by atoms with Crippen LogP contribution in [0.2, 0.25) is 5.02 Å². The summed E-state index contributed by atoms with van der Waals surface area (Å²) in [6.07, 6.45) is 1.95. The van der Waals surface area contributed by atoms with Crippen molar-refractivity contribution in [2.75, 3.05) is 11.1 Å². The molecule has 142 valence electrons. The monoisotopic (exact) mass is 399 g/mol. The zero-order chi connectivity index (χ0) is 18.9. The van der Waals surface area contributed by atoms with Gasteiger partial charge in [0.1, 0.15) is 0 Å². The van der Waals surface area contributed by atoms with Gasteiger partial charge in [0.25, 0.3) is 0 Å².